The van der Waals surface area contributed by atoms with Crippen molar-refractivity contribution in [1.29, 1.82) is 0 Å². The molecule has 1 N–H and O–H groups in total. The molecular weight excluding hydrogens is 295 g/mol. The number of carbonyl (C=O) groups is 1. The summed E-state index contributed by atoms with van der Waals surface area (Å²) in [4.78, 5) is 17.3. The summed E-state index contributed by atoms with van der Waals surface area (Å²) < 4.78 is 38.2. The molecule has 2 aliphatic rings. The van der Waals surface area contributed by atoms with Crippen molar-refractivity contribution in [2.24, 2.45) is 5.92 Å². The van der Waals surface area contributed by atoms with Crippen molar-refractivity contribution in [3.8, 4) is 0 Å². The molecular formula is C15H18F3N3O. The third-order valence-corrected chi connectivity index (χ3v) is 4.12. The van der Waals surface area contributed by atoms with E-state index >= 15 is 0 Å². The van der Waals surface area contributed by atoms with E-state index in [2.05, 4.69) is 10.3 Å². The molecule has 2 fully saturated rings. The monoisotopic (exact) mass is 313 g/mol. The predicted molar refractivity (Wildman–Crippen MR) is 75.3 cm³/mol. The molecule has 0 radical (unpaired) electrons. The highest BCUT2D eigenvalue weighted by Gasteiger charge is 2.34. The smallest absolute Gasteiger partial charge is 0.371 e. The molecule has 0 aromatic carbocycles. The first-order valence-electron chi connectivity index (χ1n) is 7.52. The van der Waals surface area contributed by atoms with Crippen molar-refractivity contribution in [3.05, 3.63) is 24.0 Å². The highest BCUT2D eigenvalue weighted by atomic mass is 19.4. The van der Waals surface area contributed by atoms with Gasteiger partial charge in [0.1, 0.15) is 5.69 Å². The highest BCUT2D eigenvalue weighted by Crippen LogP contribution is 2.31. The first-order chi connectivity index (χ1) is 10.4. The Labute approximate surface area is 126 Å². The molecule has 1 amide bonds. The van der Waals surface area contributed by atoms with E-state index in [0.717, 1.165) is 31.7 Å². The number of nitrogens with zero attached hydrogens (tertiary/aromatic N) is 2. The van der Waals surface area contributed by atoms with Gasteiger partial charge in [-0.1, -0.05) is 0 Å². The maximum Gasteiger partial charge on any atom is 0.433 e. The number of alkyl halides is 3. The zero-order chi connectivity index (χ0) is 15.7. The topological polar surface area (TPSA) is 45.2 Å². The van der Waals surface area contributed by atoms with Crippen molar-refractivity contribution in [3.63, 3.8) is 0 Å². The summed E-state index contributed by atoms with van der Waals surface area (Å²) in [6.07, 6.45) is 0.363. The molecule has 0 spiro atoms. The molecule has 3 rings (SSSR count). The number of rotatable bonds is 3. The fraction of sp³-hybridized carbons (Fsp3) is 0.600. The van der Waals surface area contributed by atoms with E-state index in [1.807, 2.05) is 4.90 Å². The van der Waals surface area contributed by atoms with Gasteiger partial charge in [-0.05, 0) is 37.8 Å². The Bertz CT molecular complexity index is 557. The van der Waals surface area contributed by atoms with Crippen LogP contribution >= 0.6 is 0 Å². The Balaban J connectivity index is 1.70. The van der Waals surface area contributed by atoms with E-state index in [4.69, 9.17) is 0 Å². The maximum atomic E-state index is 12.7. The molecule has 1 aliphatic carbocycles. The number of hydrogen-bond donors (Lipinski definition) is 1. The second kappa shape index (κ2) is 5.78. The fourth-order valence-electron chi connectivity index (χ4n) is 2.74. The summed E-state index contributed by atoms with van der Waals surface area (Å²) in [6.45, 7) is 1.12. The Morgan fingerprint density at radius 2 is 2.09 bits per heavy atom. The minimum absolute atomic E-state index is 0.0253. The van der Waals surface area contributed by atoms with E-state index in [1.54, 1.807) is 6.07 Å². The summed E-state index contributed by atoms with van der Waals surface area (Å²) in [6, 6.07) is 2.93. The van der Waals surface area contributed by atoms with E-state index in [0.29, 0.717) is 24.8 Å². The van der Waals surface area contributed by atoms with E-state index in [-0.39, 0.29) is 11.8 Å². The van der Waals surface area contributed by atoms with Gasteiger partial charge in [0.2, 0.25) is 5.91 Å². The molecule has 1 atom stereocenters. The standard InChI is InChI=1S/C15H18F3N3O/c16-15(17,18)13-8-12(5-6-19-13)21-7-1-2-10(9-21)14(22)20-11-3-4-11/h5-6,8,10-11H,1-4,7,9H2,(H,20,22). The molecule has 1 saturated carbocycles. The zero-order valence-corrected chi connectivity index (χ0v) is 12.1. The Kier molecular flexibility index (Phi) is 3.97. The number of anilines is 1. The normalized spacial score (nSPS) is 22.5. The lowest BCUT2D eigenvalue weighted by atomic mass is 9.96. The van der Waals surface area contributed by atoms with Gasteiger partial charge in [-0.15, -0.1) is 0 Å². The van der Waals surface area contributed by atoms with Crippen LogP contribution in [0, 0.1) is 5.92 Å². The number of pyridine rings is 1. The first kappa shape index (κ1) is 15.1. The number of nitrogens with one attached hydrogen (secondary N) is 1. The lowest BCUT2D eigenvalue weighted by molar-refractivity contribution is -0.141. The summed E-state index contributed by atoms with van der Waals surface area (Å²) in [5.74, 6) is -0.130. The van der Waals surface area contributed by atoms with Crippen LogP contribution in [0.1, 0.15) is 31.4 Å². The summed E-state index contributed by atoms with van der Waals surface area (Å²) in [5, 5.41) is 2.97. The number of amides is 1. The summed E-state index contributed by atoms with van der Waals surface area (Å²) >= 11 is 0. The van der Waals surface area contributed by atoms with Gasteiger partial charge in [0.05, 0.1) is 5.92 Å². The van der Waals surface area contributed by atoms with Crippen molar-refractivity contribution in [1.82, 2.24) is 10.3 Å². The predicted octanol–water partition coefficient (Wildman–Crippen LogP) is 2.60. The molecule has 2 heterocycles. The third-order valence-electron chi connectivity index (χ3n) is 4.12. The molecule has 1 unspecified atom stereocenters. The zero-order valence-electron chi connectivity index (χ0n) is 12.1. The Morgan fingerprint density at radius 3 is 2.77 bits per heavy atom. The molecule has 4 nitrogen and oxygen atoms in total. The molecule has 0 bridgehead atoms. The van der Waals surface area contributed by atoms with Crippen LogP contribution < -0.4 is 10.2 Å². The minimum Gasteiger partial charge on any atom is -0.371 e. The lowest BCUT2D eigenvalue weighted by Crippen LogP contribution is -2.43. The molecule has 120 valence electrons. The van der Waals surface area contributed by atoms with E-state index in [1.165, 1.54) is 6.20 Å². The molecule has 22 heavy (non-hydrogen) atoms. The first-order valence-corrected chi connectivity index (χ1v) is 7.52. The van der Waals surface area contributed by atoms with Crippen LogP contribution in [0.5, 0.6) is 0 Å². The molecule has 1 aromatic rings. The van der Waals surface area contributed by atoms with Crippen LogP contribution in [0.25, 0.3) is 0 Å². The quantitative estimate of drug-likeness (QED) is 0.933. The Hall–Kier alpha value is -1.79. The average molecular weight is 313 g/mol. The van der Waals surface area contributed by atoms with Crippen LogP contribution in [0.3, 0.4) is 0 Å². The summed E-state index contributed by atoms with van der Waals surface area (Å²) in [5.41, 5.74) is -0.416. The van der Waals surface area contributed by atoms with Crippen LogP contribution in [0.2, 0.25) is 0 Å². The highest BCUT2D eigenvalue weighted by molar-refractivity contribution is 5.80. The third kappa shape index (κ3) is 3.51. The average Bonchev–Trinajstić information content (AvgIpc) is 3.31. The van der Waals surface area contributed by atoms with Crippen molar-refractivity contribution >= 4 is 11.6 Å². The van der Waals surface area contributed by atoms with Crippen molar-refractivity contribution < 1.29 is 18.0 Å². The maximum absolute atomic E-state index is 12.7. The number of carbonyl (C=O) groups excluding carboxylic acids is 1. The van der Waals surface area contributed by atoms with Gasteiger partial charge >= 0.3 is 6.18 Å². The van der Waals surface area contributed by atoms with Crippen LogP contribution in [-0.4, -0.2) is 30.0 Å². The number of halogens is 3. The van der Waals surface area contributed by atoms with Gasteiger partial charge in [0.25, 0.3) is 0 Å². The second-order valence-electron chi connectivity index (χ2n) is 5.97. The van der Waals surface area contributed by atoms with Gasteiger partial charge in [-0.3, -0.25) is 9.78 Å². The van der Waals surface area contributed by atoms with Gasteiger partial charge in [-0.25, -0.2) is 0 Å². The van der Waals surface area contributed by atoms with Crippen molar-refractivity contribution in [2.75, 3.05) is 18.0 Å². The number of hydrogen-bond acceptors (Lipinski definition) is 3. The molecule has 7 heteroatoms. The molecule has 1 aliphatic heterocycles. The van der Waals surface area contributed by atoms with Gasteiger partial charge < -0.3 is 10.2 Å². The van der Waals surface area contributed by atoms with E-state index in [9.17, 15) is 18.0 Å². The van der Waals surface area contributed by atoms with Gasteiger partial charge in [0, 0.05) is 31.0 Å². The van der Waals surface area contributed by atoms with Crippen LogP contribution in [0.4, 0.5) is 18.9 Å². The fourth-order valence-corrected chi connectivity index (χ4v) is 2.74. The van der Waals surface area contributed by atoms with Crippen molar-refractivity contribution in [2.45, 2.75) is 37.9 Å². The molecule has 1 aromatic heterocycles. The van der Waals surface area contributed by atoms with Crippen LogP contribution in [-0.2, 0) is 11.0 Å². The Morgan fingerprint density at radius 1 is 1.32 bits per heavy atom. The minimum atomic E-state index is -4.45. The van der Waals surface area contributed by atoms with Crippen LogP contribution in [0.15, 0.2) is 18.3 Å². The van der Waals surface area contributed by atoms with Gasteiger partial charge in [-0.2, -0.15) is 13.2 Å². The number of aromatic nitrogens is 1. The van der Waals surface area contributed by atoms with E-state index < -0.39 is 11.9 Å². The summed E-state index contributed by atoms with van der Waals surface area (Å²) in [7, 11) is 0. The largest absolute Gasteiger partial charge is 0.433 e. The molecule has 1 saturated heterocycles. The van der Waals surface area contributed by atoms with Gasteiger partial charge in [0.15, 0.2) is 0 Å². The number of piperidine rings is 1. The lowest BCUT2D eigenvalue weighted by Gasteiger charge is -2.34. The second-order valence-corrected chi connectivity index (χ2v) is 5.97. The SMILES string of the molecule is O=C(NC1CC1)C1CCCN(c2ccnc(C(F)(F)F)c2)C1.